The van der Waals surface area contributed by atoms with Crippen LogP contribution < -0.4 is 0 Å². The van der Waals surface area contributed by atoms with Crippen LogP contribution in [0.4, 0.5) is 0 Å². The molecule has 0 bridgehead atoms. The van der Waals surface area contributed by atoms with Crippen LogP contribution in [0.3, 0.4) is 0 Å². The van der Waals surface area contributed by atoms with Crippen molar-refractivity contribution in [3.63, 3.8) is 0 Å². The Kier molecular flexibility index (Phi) is 4.89. The molecule has 2 aromatic rings. The molecule has 154 valence electrons. The van der Waals surface area contributed by atoms with Crippen LogP contribution in [0.25, 0.3) is 0 Å². The highest BCUT2D eigenvalue weighted by atomic mass is 16.2. The van der Waals surface area contributed by atoms with Crippen molar-refractivity contribution >= 4 is 17.7 Å². The summed E-state index contributed by atoms with van der Waals surface area (Å²) in [6.07, 6.45) is 7.05. The number of nitrogens with zero attached hydrogens (tertiary/aromatic N) is 2. The summed E-state index contributed by atoms with van der Waals surface area (Å²) in [6, 6.07) is 15.2. The summed E-state index contributed by atoms with van der Waals surface area (Å²) in [5.74, 6) is -0.512. The van der Waals surface area contributed by atoms with Crippen LogP contribution >= 0.6 is 0 Å². The summed E-state index contributed by atoms with van der Waals surface area (Å²) in [5, 5.41) is 0. The molecular weight excluding hydrogens is 376 g/mol. The molecule has 5 rings (SSSR count). The quantitative estimate of drug-likeness (QED) is 0.696. The highest BCUT2D eigenvalue weighted by molar-refractivity contribution is 6.22. The van der Waals surface area contributed by atoms with Gasteiger partial charge in [0.2, 0.25) is 0 Å². The SMILES string of the molecule is O=C(c1ccc2c(c1)C(=O)N(C1CCCCC1)C2=O)N(Cc1ccccc1)C1CC1. The van der Waals surface area contributed by atoms with Crippen LogP contribution in [-0.2, 0) is 6.54 Å². The molecule has 0 unspecified atom stereocenters. The average Bonchev–Trinajstić information content (AvgIpc) is 3.60. The molecule has 3 amide bonds. The third-order valence-electron chi connectivity index (χ3n) is 6.55. The van der Waals surface area contributed by atoms with Gasteiger partial charge in [-0.25, -0.2) is 0 Å². The second kappa shape index (κ2) is 7.71. The lowest BCUT2D eigenvalue weighted by atomic mass is 9.94. The molecule has 2 saturated carbocycles. The van der Waals surface area contributed by atoms with Gasteiger partial charge >= 0.3 is 0 Å². The van der Waals surface area contributed by atoms with Crippen LogP contribution in [-0.4, -0.2) is 39.6 Å². The molecule has 0 atom stereocenters. The van der Waals surface area contributed by atoms with Crippen molar-refractivity contribution in [3.8, 4) is 0 Å². The molecule has 2 aromatic carbocycles. The van der Waals surface area contributed by atoms with Crippen molar-refractivity contribution < 1.29 is 14.4 Å². The number of amides is 3. The van der Waals surface area contributed by atoms with Crippen molar-refractivity contribution in [1.29, 1.82) is 0 Å². The third kappa shape index (κ3) is 3.42. The fraction of sp³-hybridized carbons (Fsp3) is 0.400. The molecule has 2 aliphatic carbocycles. The first-order chi connectivity index (χ1) is 14.6. The molecule has 0 N–H and O–H groups in total. The Morgan fingerprint density at radius 3 is 2.27 bits per heavy atom. The van der Waals surface area contributed by atoms with E-state index in [4.69, 9.17) is 0 Å². The Labute approximate surface area is 176 Å². The van der Waals surface area contributed by atoms with Gasteiger partial charge in [-0.1, -0.05) is 49.6 Å². The van der Waals surface area contributed by atoms with Crippen LogP contribution in [0.2, 0.25) is 0 Å². The molecule has 5 heteroatoms. The molecule has 3 aliphatic rings. The number of hydrogen-bond donors (Lipinski definition) is 0. The van der Waals surface area contributed by atoms with Crippen molar-refractivity contribution in [2.45, 2.75) is 63.6 Å². The summed E-state index contributed by atoms with van der Waals surface area (Å²) >= 11 is 0. The van der Waals surface area contributed by atoms with Gasteiger partial charge in [-0.3, -0.25) is 19.3 Å². The van der Waals surface area contributed by atoms with Crippen LogP contribution in [0.15, 0.2) is 48.5 Å². The summed E-state index contributed by atoms with van der Waals surface area (Å²) in [4.78, 5) is 42.6. The van der Waals surface area contributed by atoms with E-state index in [9.17, 15) is 14.4 Å². The number of rotatable bonds is 5. The number of hydrogen-bond acceptors (Lipinski definition) is 3. The Balaban J connectivity index is 1.40. The maximum atomic E-state index is 13.3. The molecule has 30 heavy (non-hydrogen) atoms. The smallest absolute Gasteiger partial charge is 0.261 e. The summed E-state index contributed by atoms with van der Waals surface area (Å²) in [7, 11) is 0. The second-order valence-corrected chi connectivity index (χ2v) is 8.68. The Hall–Kier alpha value is -2.95. The van der Waals surface area contributed by atoms with Crippen LogP contribution in [0, 0.1) is 0 Å². The standard InChI is InChI=1S/C25H26N2O3/c28-23(26(19-12-13-19)16-17-7-3-1-4-8-17)18-11-14-21-22(15-18)25(30)27(24(21)29)20-9-5-2-6-10-20/h1,3-4,7-8,11,14-15,19-20H,2,5-6,9-10,12-13,16H2. The minimum Gasteiger partial charge on any atom is -0.331 e. The van der Waals surface area contributed by atoms with E-state index in [0.29, 0.717) is 23.2 Å². The summed E-state index contributed by atoms with van der Waals surface area (Å²) in [6.45, 7) is 0.558. The number of imide groups is 1. The average molecular weight is 402 g/mol. The number of carbonyl (C=O) groups excluding carboxylic acids is 3. The zero-order valence-corrected chi connectivity index (χ0v) is 17.0. The van der Waals surface area contributed by atoms with Gasteiger partial charge < -0.3 is 4.90 Å². The maximum absolute atomic E-state index is 13.3. The minimum atomic E-state index is -0.238. The van der Waals surface area contributed by atoms with E-state index in [1.165, 1.54) is 4.90 Å². The van der Waals surface area contributed by atoms with Gasteiger partial charge in [0.1, 0.15) is 0 Å². The van der Waals surface area contributed by atoms with E-state index in [1.807, 2.05) is 35.2 Å². The van der Waals surface area contributed by atoms with Crippen molar-refractivity contribution in [1.82, 2.24) is 9.80 Å². The van der Waals surface area contributed by atoms with Crippen LogP contribution in [0.1, 0.15) is 81.6 Å². The lowest BCUT2D eigenvalue weighted by Crippen LogP contribution is -2.40. The van der Waals surface area contributed by atoms with Crippen molar-refractivity contribution in [2.75, 3.05) is 0 Å². The number of fused-ring (bicyclic) bond motifs is 1. The summed E-state index contributed by atoms with van der Waals surface area (Å²) in [5.41, 5.74) is 2.40. The van der Waals surface area contributed by atoms with E-state index < -0.39 is 0 Å². The highest BCUT2D eigenvalue weighted by Gasteiger charge is 2.41. The zero-order chi connectivity index (χ0) is 20.7. The molecule has 0 saturated heterocycles. The Morgan fingerprint density at radius 1 is 0.867 bits per heavy atom. The topological polar surface area (TPSA) is 57.7 Å². The molecule has 1 aliphatic heterocycles. The predicted octanol–water partition coefficient (Wildman–Crippen LogP) is 4.42. The van der Waals surface area contributed by atoms with Gasteiger partial charge in [0.05, 0.1) is 11.1 Å². The van der Waals surface area contributed by atoms with Gasteiger partial charge in [-0.05, 0) is 49.4 Å². The van der Waals surface area contributed by atoms with Crippen molar-refractivity contribution in [2.24, 2.45) is 0 Å². The molecule has 1 heterocycles. The Bertz CT molecular complexity index is 991. The Morgan fingerprint density at radius 2 is 1.57 bits per heavy atom. The minimum absolute atomic E-state index is 0.00801. The van der Waals surface area contributed by atoms with Crippen molar-refractivity contribution in [3.05, 3.63) is 70.8 Å². The zero-order valence-electron chi connectivity index (χ0n) is 17.0. The monoisotopic (exact) mass is 402 g/mol. The van der Waals surface area contributed by atoms with E-state index in [2.05, 4.69) is 0 Å². The van der Waals surface area contributed by atoms with Crippen LogP contribution in [0.5, 0.6) is 0 Å². The predicted molar refractivity (Wildman–Crippen MR) is 113 cm³/mol. The normalized spacial score (nSPS) is 19.1. The molecule has 0 radical (unpaired) electrons. The largest absolute Gasteiger partial charge is 0.331 e. The number of carbonyl (C=O) groups is 3. The molecule has 0 aromatic heterocycles. The molecule has 0 spiro atoms. The van der Waals surface area contributed by atoms with E-state index in [0.717, 1.165) is 50.5 Å². The maximum Gasteiger partial charge on any atom is 0.261 e. The molecule has 2 fully saturated rings. The van der Waals surface area contributed by atoms with E-state index >= 15 is 0 Å². The van der Waals surface area contributed by atoms with Gasteiger partial charge in [0.25, 0.3) is 17.7 Å². The van der Waals surface area contributed by atoms with Gasteiger partial charge in [-0.2, -0.15) is 0 Å². The fourth-order valence-corrected chi connectivity index (χ4v) is 4.76. The van der Waals surface area contributed by atoms with Gasteiger partial charge in [0, 0.05) is 24.2 Å². The first-order valence-electron chi connectivity index (χ1n) is 11.0. The lowest BCUT2D eigenvalue weighted by Gasteiger charge is -2.29. The molecule has 5 nitrogen and oxygen atoms in total. The third-order valence-corrected chi connectivity index (χ3v) is 6.55. The van der Waals surface area contributed by atoms with E-state index in [1.54, 1.807) is 18.2 Å². The lowest BCUT2D eigenvalue weighted by molar-refractivity contribution is 0.0548. The first kappa shape index (κ1) is 19.0. The fourth-order valence-electron chi connectivity index (χ4n) is 4.76. The van der Waals surface area contributed by atoms with E-state index in [-0.39, 0.29) is 29.8 Å². The molecular formula is C25H26N2O3. The highest BCUT2D eigenvalue weighted by Crippen LogP contribution is 2.33. The summed E-state index contributed by atoms with van der Waals surface area (Å²) < 4.78 is 0. The second-order valence-electron chi connectivity index (χ2n) is 8.68. The van der Waals surface area contributed by atoms with Gasteiger partial charge in [0.15, 0.2) is 0 Å². The van der Waals surface area contributed by atoms with Gasteiger partial charge in [-0.15, -0.1) is 0 Å². The first-order valence-corrected chi connectivity index (χ1v) is 11.0. The number of benzene rings is 2.